The molecule has 3 rings (SSSR count). The summed E-state index contributed by atoms with van der Waals surface area (Å²) in [5.74, 6) is 0. The molecule has 0 unspecified atom stereocenters. The predicted octanol–water partition coefficient (Wildman–Crippen LogP) is 4.40. The van der Waals surface area contributed by atoms with Gasteiger partial charge in [0.2, 0.25) is 0 Å². The van der Waals surface area contributed by atoms with Crippen LogP contribution in [0, 0.1) is 6.07 Å². The fourth-order valence-corrected chi connectivity index (χ4v) is 2.26. The summed E-state index contributed by atoms with van der Waals surface area (Å²) in [7, 11) is -3.67. The summed E-state index contributed by atoms with van der Waals surface area (Å²) in [6.07, 6.45) is 0.240. The van der Waals surface area contributed by atoms with Gasteiger partial charge in [-0.1, -0.05) is 54.1 Å². The fourth-order valence-electron chi connectivity index (χ4n) is 2.26. The van der Waals surface area contributed by atoms with Crippen molar-refractivity contribution in [2.24, 2.45) is 0 Å². The van der Waals surface area contributed by atoms with E-state index in [9.17, 15) is 13.2 Å². The zero-order chi connectivity index (χ0) is 20.4. The van der Waals surface area contributed by atoms with Gasteiger partial charge in [0, 0.05) is 26.1 Å². The van der Waals surface area contributed by atoms with Crippen molar-refractivity contribution in [3.63, 3.8) is 0 Å². The Morgan fingerprint density at radius 3 is 2.21 bits per heavy atom. The number of hydrogen-bond acceptors (Lipinski definition) is 4. The van der Waals surface area contributed by atoms with Crippen molar-refractivity contribution in [3.05, 3.63) is 90.5 Å². The Hall–Kier alpha value is -2.50. The van der Waals surface area contributed by atoms with Gasteiger partial charge in [-0.2, -0.15) is 8.42 Å². The topological polar surface area (TPSA) is 92.7 Å². The Labute approximate surface area is 184 Å². The number of amides is 1. The molecule has 0 aliphatic carbocycles. The van der Waals surface area contributed by atoms with Crippen molar-refractivity contribution in [1.82, 2.24) is 0 Å². The fraction of sp³-hybridized carbons (Fsp3) is 0.0952. The molecule has 0 saturated heterocycles. The third kappa shape index (κ3) is 10.0. The molecular formula is C21H20NO5PdS-. The van der Waals surface area contributed by atoms with Gasteiger partial charge in [0.15, 0.2) is 0 Å². The molecule has 0 aliphatic heterocycles. The number of para-hydroxylation sites is 1. The monoisotopic (exact) mass is 504 g/mol. The normalized spacial score (nSPS) is 10.0. The Morgan fingerprint density at radius 1 is 1.00 bits per heavy atom. The van der Waals surface area contributed by atoms with Gasteiger partial charge in [-0.25, -0.2) is 4.79 Å². The van der Waals surface area contributed by atoms with Crippen LogP contribution in [0.15, 0.2) is 78.9 Å². The SMILES string of the molecule is CS(=O)(=O)O.O=C(Nc1ccccc1-c1[c-]cccc1)OCc1ccccc1.[Pd]. The van der Waals surface area contributed by atoms with Gasteiger partial charge in [-0.3, -0.25) is 9.87 Å². The molecule has 1 amide bonds. The van der Waals surface area contributed by atoms with Crippen molar-refractivity contribution >= 4 is 21.9 Å². The molecule has 0 aliphatic rings. The maximum atomic E-state index is 12.0. The van der Waals surface area contributed by atoms with Crippen LogP contribution in [-0.4, -0.2) is 25.3 Å². The summed E-state index contributed by atoms with van der Waals surface area (Å²) in [6.45, 7) is 0.242. The Morgan fingerprint density at radius 2 is 1.59 bits per heavy atom. The molecule has 0 heterocycles. The molecule has 0 bridgehead atoms. The third-order valence-corrected chi connectivity index (χ3v) is 3.38. The minimum Gasteiger partial charge on any atom is -0.444 e. The van der Waals surface area contributed by atoms with E-state index in [2.05, 4.69) is 11.4 Å². The number of benzene rings is 3. The van der Waals surface area contributed by atoms with E-state index in [0.29, 0.717) is 11.9 Å². The number of hydrogen-bond donors (Lipinski definition) is 2. The van der Waals surface area contributed by atoms with E-state index in [1.807, 2.05) is 78.9 Å². The first kappa shape index (κ1) is 24.5. The summed E-state index contributed by atoms with van der Waals surface area (Å²) in [5.41, 5.74) is 3.48. The van der Waals surface area contributed by atoms with Crippen LogP contribution in [0.3, 0.4) is 0 Å². The van der Waals surface area contributed by atoms with Gasteiger partial charge in [0.1, 0.15) is 6.61 Å². The standard InChI is InChI=1S/C20H16NO2.CH4O3S.Pd/c22-20(23-15-16-9-3-1-4-10-16)21-19-14-8-7-13-18(19)17-11-5-2-6-12-17;1-5(2,3)4;/h1-11,13-14H,15H2,(H,21,22);1H3,(H,2,3,4);/q-1;;. The van der Waals surface area contributed by atoms with Crippen LogP contribution in [0.1, 0.15) is 5.56 Å². The van der Waals surface area contributed by atoms with E-state index in [0.717, 1.165) is 16.7 Å². The summed E-state index contributed by atoms with van der Waals surface area (Å²) in [4.78, 5) is 12.0. The van der Waals surface area contributed by atoms with Crippen molar-refractivity contribution in [2.45, 2.75) is 6.61 Å². The minimum absolute atomic E-state index is 0. The third-order valence-electron chi connectivity index (χ3n) is 3.38. The molecule has 8 heteroatoms. The number of ether oxygens (including phenoxy) is 1. The first-order valence-electron chi connectivity index (χ1n) is 8.29. The summed E-state index contributed by atoms with van der Waals surface area (Å²) >= 11 is 0. The summed E-state index contributed by atoms with van der Waals surface area (Å²) < 4.78 is 31.1. The van der Waals surface area contributed by atoms with Crippen molar-refractivity contribution < 1.29 is 42.9 Å². The molecule has 0 atom stereocenters. The van der Waals surface area contributed by atoms with E-state index < -0.39 is 16.2 Å². The van der Waals surface area contributed by atoms with Crippen LogP contribution in [0.2, 0.25) is 0 Å². The van der Waals surface area contributed by atoms with Gasteiger partial charge >= 0.3 is 6.09 Å². The number of anilines is 1. The molecule has 0 saturated carbocycles. The van der Waals surface area contributed by atoms with Crippen LogP contribution in [-0.2, 0) is 41.9 Å². The van der Waals surface area contributed by atoms with Crippen LogP contribution in [0.5, 0.6) is 0 Å². The zero-order valence-corrected chi connectivity index (χ0v) is 17.9. The van der Waals surface area contributed by atoms with Gasteiger partial charge in [-0.05, 0) is 11.6 Å². The van der Waals surface area contributed by atoms with Gasteiger partial charge in [-0.15, -0.1) is 35.9 Å². The summed E-state index contributed by atoms with van der Waals surface area (Å²) in [5, 5.41) is 2.80. The van der Waals surface area contributed by atoms with Crippen LogP contribution < -0.4 is 5.32 Å². The Balaban J connectivity index is 0.000000628. The molecule has 6 nitrogen and oxygen atoms in total. The number of carbonyl (C=O) groups excluding carboxylic acids is 1. The first-order valence-corrected chi connectivity index (χ1v) is 10.1. The van der Waals surface area contributed by atoms with Crippen molar-refractivity contribution in [2.75, 3.05) is 11.6 Å². The van der Waals surface area contributed by atoms with E-state index in [-0.39, 0.29) is 27.0 Å². The molecular weight excluding hydrogens is 485 g/mol. The zero-order valence-electron chi connectivity index (χ0n) is 15.5. The molecule has 3 aromatic rings. The van der Waals surface area contributed by atoms with Crippen LogP contribution >= 0.6 is 0 Å². The molecule has 29 heavy (non-hydrogen) atoms. The largest absolute Gasteiger partial charge is 0.444 e. The smallest absolute Gasteiger partial charge is 0.411 e. The Bertz CT molecular complexity index is 988. The first-order chi connectivity index (χ1) is 13.3. The molecule has 0 aromatic heterocycles. The second-order valence-corrected chi connectivity index (χ2v) is 7.21. The number of carbonyl (C=O) groups is 1. The number of nitrogens with one attached hydrogen (secondary N) is 1. The van der Waals surface area contributed by atoms with E-state index in [1.54, 1.807) is 0 Å². The summed E-state index contributed by atoms with van der Waals surface area (Å²) in [6, 6.07) is 28.0. The van der Waals surface area contributed by atoms with Crippen molar-refractivity contribution in [3.8, 4) is 11.1 Å². The van der Waals surface area contributed by atoms with Crippen molar-refractivity contribution in [1.29, 1.82) is 0 Å². The maximum absolute atomic E-state index is 12.0. The second kappa shape index (κ2) is 12.1. The van der Waals surface area contributed by atoms with Crippen LogP contribution in [0.25, 0.3) is 11.1 Å². The van der Waals surface area contributed by atoms with E-state index in [1.165, 1.54) is 0 Å². The number of rotatable bonds is 4. The van der Waals surface area contributed by atoms with Gasteiger partial charge in [0.05, 0.1) is 6.26 Å². The van der Waals surface area contributed by atoms with E-state index in [4.69, 9.17) is 9.29 Å². The maximum Gasteiger partial charge on any atom is 0.411 e. The molecule has 0 fully saturated rings. The second-order valence-electron chi connectivity index (χ2n) is 5.74. The van der Waals surface area contributed by atoms with Crippen LogP contribution in [0.4, 0.5) is 10.5 Å². The van der Waals surface area contributed by atoms with E-state index >= 15 is 0 Å². The van der Waals surface area contributed by atoms with Gasteiger partial charge < -0.3 is 4.74 Å². The molecule has 2 N–H and O–H groups in total. The average molecular weight is 505 g/mol. The minimum atomic E-state index is -3.67. The molecule has 156 valence electrons. The average Bonchev–Trinajstić information content (AvgIpc) is 2.67. The molecule has 0 spiro atoms. The predicted molar refractivity (Wildman–Crippen MR) is 108 cm³/mol. The quantitative estimate of drug-likeness (QED) is 0.312. The molecule has 0 radical (unpaired) electrons. The Kier molecular flexibility index (Phi) is 10.3. The van der Waals surface area contributed by atoms with Gasteiger partial charge in [0.25, 0.3) is 10.1 Å². The molecule has 3 aromatic carbocycles.